The van der Waals surface area contributed by atoms with Gasteiger partial charge in [0.05, 0.1) is 11.4 Å². The van der Waals surface area contributed by atoms with Gasteiger partial charge in [0.25, 0.3) is 0 Å². The van der Waals surface area contributed by atoms with Crippen molar-refractivity contribution >= 4 is 5.70 Å². The molecule has 4 nitrogen and oxygen atoms in total. The van der Waals surface area contributed by atoms with E-state index in [4.69, 9.17) is 17.2 Å². The summed E-state index contributed by atoms with van der Waals surface area (Å²) in [5, 5.41) is 0. The summed E-state index contributed by atoms with van der Waals surface area (Å²) in [4.78, 5) is 3.60. The van der Waals surface area contributed by atoms with Crippen LogP contribution in [0.4, 0.5) is 13.2 Å². The van der Waals surface area contributed by atoms with Gasteiger partial charge in [-0.1, -0.05) is 0 Å². The molecule has 0 aromatic carbocycles. The van der Waals surface area contributed by atoms with Crippen molar-refractivity contribution in [2.45, 2.75) is 6.18 Å². The first-order chi connectivity index (χ1) is 7.82. The van der Waals surface area contributed by atoms with Gasteiger partial charge in [-0.3, -0.25) is 4.98 Å². The van der Waals surface area contributed by atoms with Crippen LogP contribution < -0.4 is 17.2 Å². The highest BCUT2D eigenvalue weighted by molar-refractivity contribution is 5.66. The molecule has 1 aromatic heterocycles. The lowest BCUT2D eigenvalue weighted by atomic mass is 10.1. The highest BCUT2D eigenvalue weighted by atomic mass is 19.4. The van der Waals surface area contributed by atoms with E-state index in [-0.39, 0.29) is 17.1 Å². The summed E-state index contributed by atoms with van der Waals surface area (Å²) in [6.07, 6.45) is 0.000715. The number of pyridine rings is 1. The van der Waals surface area contributed by atoms with E-state index in [1.165, 1.54) is 12.2 Å². The maximum Gasteiger partial charge on any atom is 0.417 e. The summed E-state index contributed by atoms with van der Waals surface area (Å²) in [6.45, 7) is 0. The van der Waals surface area contributed by atoms with Crippen LogP contribution >= 0.6 is 0 Å². The van der Waals surface area contributed by atoms with Gasteiger partial charge in [-0.25, -0.2) is 0 Å². The number of hydrogen-bond acceptors (Lipinski definition) is 4. The van der Waals surface area contributed by atoms with Crippen molar-refractivity contribution in [3.05, 3.63) is 47.6 Å². The molecule has 0 saturated carbocycles. The Morgan fingerprint density at radius 3 is 2.35 bits per heavy atom. The summed E-state index contributed by atoms with van der Waals surface area (Å²) in [6, 6.07) is 0.853. The average Bonchev–Trinajstić information content (AvgIpc) is 2.24. The van der Waals surface area contributed by atoms with E-state index < -0.39 is 11.7 Å². The largest absolute Gasteiger partial charge is 0.417 e. The highest BCUT2D eigenvalue weighted by Crippen LogP contribution is 2.33. The molecule has 92 valence electrons. The summed E-state index contributed by atoms with van der Waals surface area (Å²) in [5.74, 6) is -0.0506. The van der Waals surface area contributed by atoms with Crippen molar-refractivity contribution in [2.24, 2.45) is 17.2 Å². The average molecular weight is 244 g/mol. The van der Waals surface area contributed by atoms with Crippen molar-refractivity contribution in [1.82, 2.24) is 4.98 Å². The van der Waals surface area contributed by atoms with E-state index in [9.17, 15) is 13.2 Å². The zero-order chi connectivity index (χ0) is 13.1. The van der Waals surface area contributed by atoms with E-state index in [1.54, 1.807) is 0 Å². The number of rotatable bonds is 2. The quantitative estimate of drug-likeness (QED) is 0.681. The van der Waals surface area contributed by atoms with Gasteiger partial charge in [0.1, 0.15) is 0 Å². The van der Waals surface area contributed by atoms with Crippen LogP contribution in [0.1, 0.15) is 11.1 Å². The second-order valence-electron chi connectivity index (χ2n) is 3.21. The molecule has 0 saturated heterocycles. The van der Waals surface area contributed by atoms with Crippen LogP contribution in [0.3, 0.4) is 0 Å². The van der Waals surface area contributed by atoms with E-state index in [0.29, 0.717) is 0 Å². The molecule has 1 aromatic rings. The first-order valence-corrected chi connectivity index (χ1v) is 4.52. The van der Waals surface area contributed by atoms with Crippen LogP contribution in [-0.2, 0) is 6.18 Å². The van der Waals surface area contributed by atoms with Crippen LogP contribution in [-0.4, -0.2) is 4.98 Å². The van der Waals surface area contributed by atoms with Gasteiger partial charge < -0.3 is 17.2 Å². The van der Waals surface area contributed by atoms with Crippen LogP contribution in [0.15, 0.2) is 36.4 Å². The number of halogens is 3. The highest BCUT2D eigenvalue weighted by Gasteiger charge is 2.33. The Morgan fingerprint density at radius 1 is 1.18 bits per heavy atom. The molecule has 0 radical (unpaired) electrons. The summed E-state index contributed by atoms with van der Waals surface area (Å²) in [5.41, 5.74) is 14.6. The van der Waals surface area contributed by atoms with E-state index in [1.807, 2.05) is 0 Å². The number of nitrogens with two attached hydrogens (primary N) is 3. The molecular weight excluding hydrogens is 233 g/mol. The SMILES string of the molecule is NC(N)=C/C=C(\N)c1cnccc1C(F)(F)F. The Balaban J connectivity index is 3.23. The zero-order valence-electron chi connectivity index (χ0n) is 8.70. The van der Waals surface area contributed by atoms with Gasteiger partial charge in [-0.2, -0.15) is 13.2 Å². The normalized spacial score (nSPS) is 12.3. The topological polar surface area (TPSA) is 91.0 Å². The summed E-state index contributed by atoms with van der Waals surface area (Å²) >= 11 is 0. The van der Waals surface area contributed by atoms with Crippen LogP contribution in [0, 0.1) is 0 Å². The van der Waals surface area contributed by atoms with E-state index in [2.05, 4.69) is 4.98 Å². The van der Waals surface area contributed by atoms with Crippen LogP contribution in [0.2, 0.25) is 0 Å². The molecule has 0 aliphatic heterocycles. The standard InChI is InChI=1S/C10H11F3N4/c11-10(12,13)7-3-4-17-5-6(7)8(14)1-2-9(15)16/h1-5H,14-16H2/b8-1-. The molecule has 0 bridgehead atoms. The van der Waals surface area contributed by atoms with E-state index in [0.717, 1.165) is 18.5 Å². The zero-order valence-corrected chi connectivity index (χ0v) is 8.70. The lowest BCUT2D eigenvalue weighted by Gasteiger charge is -2.11. The molecule has 1 heterocycles. The number of nitrogens with zero attached hydrogens (tertiary/aromatic N) is 1. The minimum atomic E-state index is -4.49. The fourth-order valence-corrected chi connectivity index (χ4v) is 1.15. The predicted octanol–water partition coefficient (Wildman–Crippen LogP) is 1.16. The number of aromatic nitrogens is 1. The lowest BCUT2D eigenvalue weighted by Crippen LogP contribution is -2.12. The maximum absolute atomic E-state index is 12.6. The molecule has 0 atom stereocenters. The van der Waals surface area contributed by atoms with Gasteiger partial charge in [0.15, 0.2) is 0 Å². The van der Waals surface area contributed by atoms with Crippen molar-refractivity contribution in [3.63, 3.8) is 0 Å². The summed E-state index contributed by atoms with van der Waals surface area (Å²) < 4.78 is 37.9. The van der Waals surface area contributed by atoms with Gasteiger partial charge in [-0.15, -0.1) is 0 Å². The van der Waals surface area contributed by atoms with Gasteiger partial charge in [0.2, 0.25) is 0 Å². The number of hydrogen-bond donors (Lipinski definition) is 3. The molecule has 6 N–H and O–H groups in total. The fourth-order valence-electron chi connectivity index (χ4n) is 1.15. The molecule has 0 unspecified atom stereocenters. The Morgan fingerprint density at radius 2 is 1.82 bits per heavy atom. The molecule has 0 aliphatic rings. The molecular formula is C10H11F3N4. The number of allylic oxidation sites excluding steroid dienone is 2. The predicted molar refractivity (Wildman–Crippen MR) is 57.9 cm³/mol. The van der Waals surface area contributed by atoms with Crippen molar-refractivity contribution in [3.8, 4) is 0 Å². The maximum atomic E-state index is 12.6. The minimum absolute atomic E-state index is 0.0506. The number of alkyl halides is 3. The van der Waals surface area contributed by atoms with Gasteiger partial charge in [0, 0.05) is 23.7 Å². The molecule has 0 amide bonds. The monoisotopic (exact) mass is 244 g/mol. The molecule has 1 rings (SSSR count). The second kappa shape index (κ2) is 4.77. The molecule has 0 spiro atoms. The summed E-state index contributed by atoms with van der Waals surface area (Å²) in [7, 11) is 0. The third kappa shape index (κ3) is 3.40. The smallest absolute Gasteiger partial charge is 0.398 e. The fraction of sp³-hybridized carbons (Fsp3) is 0.100. The van der Waals surface area contributed by atoms with Crippen LogP contribution in [0.25, 0.3) is 5.70 Å². The molecule has 7 heteroatoms. The Bertz CT molecular complexity index is 459. The van der Waals surface area contributed by atoms with Crippen molar-refractivity contribution in [1.29, 1.82) is 0 Å². The van der Waals surface area contributed by atoms with Gasteiger partial charge >= 0.3 is 6.18 Å². The van der Waals surface area contributed by atoms with Crippen molar-refractivity contribution < 1.29 is 13.2 Å². The first-order valence-electron chi connectivity index (χ1n) is 4.52. The van der Waals surface area contributed by atoms with Gasteiger partial charge in [-0.05, 0) is 18.2 Å². The Labute approximate surface area is 95.6 Å². The molecule has 0 aliphatic carbocycles. The lowest BCUT2D eigenvalue weighted by molar-refractivity contribution is -0.137. The third-order valence-corrected chi connectivity index (χ3v) is 1.89. The van der Waals surface area contributed by atoms with Crippen LogP contribution in [0.5, 0.6) is 0 Å². The second-order valence-corrected chi connectivity index (χ2v) is 3.21. The first kappa shape index (κ1) is 12.9. The van der Waals surface area contributed by atoms with E-state index >= 15 is 0 Å². The molecule has 17 heavy (non-hydrogen) atoms. The Kier molecular flexibility index (Phi) is 3.62. The Hall–Kier alpha value is -2.18. The van der Waals surface area contributed by atoms with Crippen molar-refractivity contribution in [2.75, 3.05) is 0 Å². The molecule has 0 fully saturated rings. The minimum Gasteiger partial charge on any atom is -0.398 e. The third-order valence-electron chi connectivity index (χ3n) is 1.89.